The number of carbonyl (C=O) groups is 1. The van der Waals surface area contributed by atoms with E-state index in [1.807, 2.05) is 13.0 Å². The Morgan fingerprint density at radius 1 is 1.23 bits per heavy atom. The average molecular weight is 324 g/mol. The lowest BCUT2D eigenvalue weighted by atomic mass is 10.2. The summed E-state index contributed by atoms with van der Waals surface area (Å²) in [5.74, 6) is -0.0878. The molecule has 1 saturated carbocycles. The zero-order valence-electron chi connectivity index (χ0n) is 13.2. The van der Waals surface area contributed by atoms with E-state index in [2.05, 4.69) is 10.0 Å². The number of amides is 1. The molecule has 0 aromatic heterocycles. The molecule has 122 valence electrons. The Morgan fingerprint density at radius 3 is 2.55 bits per heavy atom. The highest BCUT2D eigenvalue weighted by atomic mass is 32.2. The van der Waals surface area contributed by atoms with Crippen LogP contribution in [0.2, 0.25) is 0 Å². The van der Waals surface area contributed by atoms with Gasteiger partial charge < -0.3 is 5.32 Å². The Kier molecular flexibility index (Phi) is 5.58. The Hall–Kier alpha value is -1.40. The van der Waals surface area contributed by atoms with Crippen molar-refractivity contribution in [3.8, 4) is 0 Å². The summed E-state index contributed by atoms with van der Waals surface area (Å²) in [6.45, 7) is 3.81. The molecule has 22 heavy (non-hydrogen) atoms. The number of hydrogen-bond donors (Lipinski definition) is 2. The Labute approximate surface area is 132 Å². The van der Waals surface area contributed by atoms with Crippen LogP contribution in [-0.2, 0) is 14.8 Å². The van der Waals surface area contributed by atoms with Crippen molar-refractivity contribution in [1.82, 2.24) is 10.0 Å². The number of benzene rings is 1. The van der Waals surface area contributed by atoms with Crippen molar-refractivity contribution in [3.05, 3.63) is 29.3 Å². The van der Waals surface area contributed by atoms with E-state index < -0.39 is 10.0 Å². The van der Waals surface area contributed by atoms with Crippen molar-refractivity contribution in [2.45, 2.75) is 56.9 Å². The first-order chi connectivity index (χ1) is 10.4. The molecule has 0 bridgehead atoms. The van der Waals surface area contributed by atoms with E-state index in [9.17, 15) is 13.2 Å². The van der Waals surface area contributed by atoms with E-state index in [1.54, 1.807) is 19.1 Å². The van der Waals surface area contributed by atoms with Crippen molar-refractivity contribution < 1.29 is 13.2 Å². The summed E-state index contributed by atoms with van der Waals surface area (Å²) in [7, 11) is -3.56. The molecular formula is C16H24N2O3S. The lowest BCUT2D eigenvalue weighted by Crippen LogP contribution is -2.35. The van der Waals surface area contributed by atoms with Crippen molar-refractivity contribution in [3.63, 3.8) is 0 Å². The van der Waals surface area contributed by atoms with Crippen molar-refractivity contribution in [2.75, 3.05) is 6.54 Å². The van der Waals surface area contributed by atoms with Gasteiger partial charge in [0.2, 0.25) is 15.9 Å². The topological polar surface area (TPSA) is 75.3 Å². The second-order valence-corrected chi connectivity index (χ2v) is 7.70. The average Bonchev–Trinajstić information content (AvgIpc) is 2.90. The lowest BCUT2D eigenvalue weighted by molar-refractivity contribution is -0.121. The Bertz CT molecular complexity index is 635. The molecule has 1 aromatic rings. The Balaban J connectivity index is 1.85. The molecule has 0 radical (unpaired) electrons. The lowest BCUT2D eigenvalue weighted by Gasteiger charge is -2.13. The van der Waals surface area contributed by atoms with Crippen LogP contribution in [0.1, 0.15) is 43.2 Å². The fourth-order valence-electron chi connectivity index (χ4n) is 2.85. The zero-order chi connectivity index (χ0) is 16.2. The van der Waals surface area contributed by atoms with E-state index in [0.29, 0.717) is 5.56 Å². The molecule has 0 heterocycles. The second-order valence-electron chi connectivity index (χ2n) is 5.97. The molecule has 0 saturated heterocycles. The summed E-state index contributed by atoms with van der Waals surface area (Å²) in [6, 6.07) is 5.48. The number of hydrogen-bond acceptors (Lipinski definition) is 3. The fraction of sp³-hybridized carbons (Fsp3) is 0.562. The monoisotopic (exact) mass is 324 g/mol. The van der Waals surface area contributed by atoms with Gasteiger partial charge >= 0.3 is 0 Å². The minimum atomic E-state index is -3.56. The normalized spacial score (nSPS) is 15.9. The SMILES string of the molecule is Cc1ccc(S(=O)(=O)NCCC(=O)NC2CCCC2)c(C)c1. The summed E-state index contributed by atoms with van der Waals surface area (Å²) in [5, 5.41) is 2.95. The second kappa shape index (κ2) is 7.24. The third-order valence-electron chi connectivity index (χ3n) is 3.98. The van der Waals surface area contributed by atoms with Crippen molar-refractivity contribution in [2.24, 2.45) is 0 Å². The predicted octanol–water partition coefficient (Wildman–Crippen LogP) is 2.03. The highest BCUT2D eigenvalue weighted by Crippen LogP contribution is 2.18. The minimum Gasteiger partial charge on any atom is -0.353 e. The van der Waals surface area contributed by atoms with Crippen LogP contribution >= 0.6 is 0 Å². The molecule has 0 spiro atoms. The molecule has 0 unspecified atom stereocenters. The van der Waals surface area contributed by atoms with Gasteiger partial charge in [0, 0.05) is 19.0 Å². The fourth-order valence-corrected chi connectivity index (χ4v) is 4.10. The molecule has 1 amide bonds. The molecule has 5 nitrogen and oxygen atoms in total. The van der Waals surface area contributed by atoms with Crippen LogP contribution < -0.4 is 10.0 Å². The molecule has 6 heteroatoms. The summed E-state index contributed by atoms with van der Waals surface area (Å²) in [4.78, 5) is 12.1. The third kappa shape index (κ3) is 4.55. The van der Waals surface area contributed by atoms with Crippen LogP contribution in [-0.4, -0.2) is 26.9 Å². The van der Waals surface area contributed by atoms with Crippen molar-refractivity contribution in [1.29, 1.82) is 0 Å². The molecule has 1 aliphatic rings. The molecule has 1 aromatic carbocycles. The van der Waals surface area contributed by atoms with Crippen LogP contribution in [0, 0.1) is 13.8 Å². The first-order valence-electron chi connectivity index (χ1n) is 7.75. The van der Waals surface area contributed by atoms with Gasteiger partial charge in [-0.1, -0.05) is 30.5 Å². The maximum absolute atomic E-state index is 12.2. The highest BCUT2D eigenvalue weighted by molar-refractivity contribution is 7.89. The largest absolute Gasteiger partial charge is 0.353 e. The number of nitrogens with one attached hydrogen (secondary N) is 2. The molecular weight excluding hydrogens is 300 g/mol. The first kappa shape index (κ1) is 17.0. The summed E-state index contributed by atoms with van der Waals surface area (Å²) < 4.78 is 27.0. The predicted molar refractivity (Wildman–Crippen MR) is 86.1 cm³/mol. The summed E-state index contributed by atoms with van der Waals surface area (Å²) in [6.07, 6.45) is 4.54. The van der Waals surface area contributed by atoms with Gasteiger partial charge in [-0.05, 0) is 38.3 Å². The molecule has 1 aliphatic carbocycles. The van der Waals surface area contributed by atoms with Gasteiger partial charge in [-0.15, -0.1) is 0 Å². The smallest absolute Gasteiger partial charge is 0.240 e. The van der Waals surface area contributed by atoms with Crippen LogP contribution in [0.15, 0.2) is 23.1 Å². The van der Waals surface area contributed by atoms with E-state index in [1.165, 1.54) is 0 Å². The van der Waals surface area contributed by atoms with E-state index in [0.717, 1.165) is 31.2 Å². The number of rotatable bonds is 6. The molecule has 2 rings (SSSR count). The van der Waals surface area contributed by atoms with E-state index in [-0.39, 0.29) is 29.8 Å². The van der Waals surface area contributed by atoms with Gasteiger partial charge in [0.1, 0.15) is 0 Å². The standard InChI is InChI=1S/C16H24N2O3S/c1-12-7-8-15(13(2)11-12)22(20,21)17-10-9-16(19)18-14-5-3-4-6-14/h7-8,11,14,17H,3-6,9-10H2,1-2H3,(H,18,19). The van der Waals surface area contributed by atoms with Crippen molar-refractivity contribution >= 4 is 15.9 Å². The van der Waals surface area contributed by atoms with E-state index in [4.69, 9.17) is 0 Å². The van der Waals surface area contributed by atoms with Gasteiger partial charge in [-0.25, -0.2) is 13.1 Å². The zero-order valence-corrected chi connectivity index (χ0v) is 14.0. The summed E-state index contributed by atoms with van der Waals surface area (Å²) >= 11 is 0. The Morgan fingerprint density at radius 2 is 1.91 bits per heavy atom. The maximum atomic E-state index is 12.2. The molecule has 0 atom stereocenters. The van der Waals surface area contributed by atoms with Crippen LogP contribution in [0.5, 0.6) is 0 Å². The number of carbonyl (C=O) groups excluding carboxylic acids is 1. The minimum absolute atomic E-state index is 0.0878. The van der Waals surface area contributed by atoms with Gasteiger partial charge in [-0.3, -0.25) is 4.79 Å². The highest BCUT2D eigenvalue weighted by Gasteiger charge is 2.19. The van der Waals surface area contributed by atoms with Gasteiger partial charge in [-0.2, -0.15) is 0 Å². The van der Waals surface area contributed by atoms with Gasteiger partial charge in [0.15, 0.2) is 0 Å². The van der Waals surface area contributed by atoms with Crippen LogP contribution in [0.25, 0.3) is 0 Å². The molecule has 2 N–H and O–H groups in total. The maximum Gasteiger partial charge on any atom is 0.240 e. The van der Waals surface area contributed by atoms with Crippen LogP contribution in [0.3, 0.4) is 0 Å². The molecule has 0 aliphatic heterocycles. The third-order valence-corrected chi connectivity index (χ3v) is 5.61. The number of sulfonamides is 1. The van der Waals surface area contributed by atoms with Crippen LogP contribution in [0.4, 0.5) is 0 Å². The van der Waals surface area contributed by atoms with Gasteiger partial charge in [0.25, 0.3) is 0 Å². The van der Waals surface area contributed by atoms with Gasteiger partial charge in [0.05, 0.1) is 4.90 Å². The first-order valence-corrected chi connectivity index (χ1v) is 9.23. The summed E-state index contributed by atoms with van der Waals surface area (Å²) in [5.41, 5.74) is 1.73. The quantitative estimate of drug-likeness (QED) is 0.841. The molecule has 1 fully saturated rings. The number of aryl methyl sites for hydroxylation is 2. The van der Waals surface area contributed by atoms with E-state index >= 15 is 0 Å².